The number of aromatic amines is 1. The van der Waals surface area contributed by atoms with E-state index in [1.807, 2.05) is 91.9 Å². The number of carbonyl (C=O) groups excluding carboxylic acids is 3. The molecule has 3 amide bonds. The van der Waals surface area contributed by atoms with Crippen LogP contribution >= 0.6 is 0 Å². The Morgan fingerprint density at radius 3 is 2.26 bits per heavy atom. The Balaban J connectivity index is 1.49. The van der Waals surface area contributed by atoms with E-state index in [0.717, 1.165) is 22.3 Å². The predicted octanol–water partition coefficient (Wildman–Crippen LogP) is 4.68. The molecule has 1 aromatic heterocycles. The molecule has 0 fully saturated rings. The molecule has 1 unspecified atom stereocenters. The third-order valence-corrected chi connectivity index (χ3v) is 7.20. The number of nitrogens with one attached hydrogen (secondary N) is 3. The van der Waals surface area contributed by atoms with E-state index in [1.165, 1.54) is 11.2 Å². The van der Waals surface area contributed by atoms with Gasteiger partial charge < -0.3 is 25.3 Å². The first-order valence-corrected chi connectivity index (χ1v) is 14.3. The number of nitrogens with zero attached hydrogens (tertiary/aromatic N) is 2. The van der Waals surface area contributed by atoms with Gasteiger partial charge in [-0.2, -0.15) is 0 Å². The molecule has 0 aliphatic carbocycles. The highest BCUT2D eigenvalue weighted by atomic mass is 16.5. The highest BCUT2D eigenvalue weighted by Gasteiger charge is 2.30. The average molecular weight is 582 g/mol. The van der Waals surface area contributed by atoms with Gasteiger partial charge >= 0.3 is 6.09 Å². The number of hydrogen-bond acceptors (Lipinski definition) is 5. The lowest BCUT2D eigenvalue weighted by atomic mass is 9.84. The maximum atomic E-state index is 14.1. The zero-order chi connectivity index (χ0) is 30.7. The lowest BCUT2D eigenvalue weighted by Gasteiger charge is -2.29. The second-order valence-corrected chi connectivity index (χ2v) is 11.2. The summed E-state index contributed by atoms with van der Waals surface area (Å²) in [6.45, 7) is 6.56. The van der Waals surface area contributed by atoms with Crippen molar-refractivity contribution in [3.63, 3.8) is 0 Å². The van der Waals surface area contributed by atoms with Crippen LogP contribution in [-0.2, 0) is 39.3 Å². The van der Waals surface area contributed by atoms with Crippen LogP contribution in [0.2, 0.25) is 0 Å². The summed E-state index contributed by atoms with van der Waals surface area (Å²) in [7, 11) is 0. The van der Waals surface area contributed by atoms with Gasteiger partial charge in [0.25, 0.3) is 0 Å². The number of benzene rings is 3. The summed E-state index contributed by atoms with van der Waals surface area (Å²) in [5.74, 6) is -0.708. The van der Waals surface area contributed by atoms with Crippen LogP contribution in [0.15, 0.2) is 97.5 Å². The van der Waals surface area contributed by atoms with Crippen molar-refractivity contribution in [3.05, 3.63) is 125 Å². The molecule has 0 saturated heterocycles. The molecular weight excluding hydrogens is 542 g/mol. The van der Waals surface area contributed by atoms with Crippen LogP contribution in [0.25, 0.3) is 0 Å². The van der Waals surface area contributed by atoms with Crippen molar-refractivity contribution >= 4 is 17.9 Å². The summed E-state index contributed by atoms with van der Waals surface area (Å²) in [5.41, 5.74) is 4.22. The molecule has 0 aliphatic rings. The molecule has 1 atom stereocenters. The standard InChI is InChI=1S/C34H39N5O4/c1-25-14-16-26(17-15-25)20-39(21-31(40)36-23-34(2,3)28-12-8-5-9-13-28)32(41)30(18-29-19-35-24-37-29)38-33(42)43-22-27-10-6-4-7-11-27/h4-17,19,24,30H,18,20-23H2,1-3H3,(H,35,37)(H,36,40)(H,38,42). The lowest BCUT2D eigenvalue weighted by Crippen LogP contribution is -2.52. The Bertz CT molecular complexity index is 1460. The topological polar surface area (TPSA) is 116 Å². The van der Waals surface area contributed by atoms with Crippen LogP contribution in [0.3, 0.4) is 0 Å². The van der Waals surface area contributed by atoms with E-state index in [2.05, 4.69) is 34.4 Å². The van der Waals surface area contributed by atoms with Gasteiger partial charge in [-0.3, -0.25) is 9.59 Å². The molecule has 0 saturated carbocycles. The molecular formula is C34H39N5O4. The number of H-pyrrole nitrogens is 1. The zero-order valence-electron chi connectivity index (χ0n) is 24.9. The van der Waals surface area contributed by atoms with Crippen molar-refractivity contribution in [2.24, 2.45) is 0 Å². The van der Waals surface area contributed by atoms with Crippen molar-refractivity contribution in [1.82, 2.24) is 25.5 Å². The Kier molecular flexibility index (Phi) is 10.7. The normalized spacial score (nSPS) is 11.8. The van der Waals surface area contributed by atoms with Gasteiger partial charge in [-0.25, -0.2) is 9.78 Å². The summed E-state index contributed by atoms with van der Waals surface area (Å²) >= 11 is 0. The molecule has 3 N–H and O–H groups in total. The minimum absolute atomic E-state index is 0.0598. The number of aromatic nitrogens is 2. The predicted molar refractivity (Wildman–Crippen MR) is 165 cm³/mol. The van der Waals surface area contributed by atoms with E-state index < -0.39 is 18.0 Å². The van der Waals surface area contributed by atoms with E-state index in [4.69, 9.17) is 4.74 Å². The summed E-state index contributed by atoms with van der Waals surface area (Å²) in [6.07, 6.45) is 2.52. The van der Waals surface area contributed by atoms with Gasteiger partial charge in [0.2, 0.25) is 11.8 Å². The van der Waals surface area contributed by atoms with Crippen LogP contribution in [0.4, 0.5) is 4.79 Å². The molecule has 0 radical (unpaired) electrons. The van der Waals surface area contributed by atoms with Crippen molar-refractivity contribution in [2.45, 2.75) is 51.8 Å². The van der Waals surface area contributed by atoms with Gasteiger partial charge in [-0.1, -0.05) is 104 Å². The van der Waals surface area contributed by atoms with Gasteiger partial charge in [-0.05, 0) is 23.6 Å². The molecule has 1 heterocycles. The molecule has 0 bridgehead atoms. The SMILES string of the molecule is Cc1ccc(CN(CC(=O)NCC(C)(C)c2ccccc2)C(=O)C(Cc2cnc[nH]2)NC(=O)OCc2ccccc2)cc1. The number of ether oxygens (including phenoxy) is 1. The van der Waals surface area contributed by atoms with E-state index in [1.54, 1.807) is 6.20 Å². The smallest absolute Gasteiger partial charge is 0.408 e. The Morgan fingerprint density at radius 2 is 1.60 bits per heavy atom. The summed E-state index contributed by atoms with van der Waals surface area (Å²) in [6, 6.07) is 26.0. The van der Waals surface area contributed by atoms with Gasteiger partial charge in [0, 0.05) is 36.8 Å². The minimum Gasteiger partial charge on any atom is -0.445 e. The maximum absolute atomic E-state index is 14.1. The number of carbonyl (C=O) groups is 3. The minimum atomic E-state index is -0.997. The number of amides is 3. The van der Waals surface area contributed by atoms with Crippen molar-refractivity contribution in [2.75, 3.05) is 13.1 Å². The van der Waals surface area contributed by atoms with Crippen LogP contribution in [0, 0.1) is 6.92 Å². The molecule has 9 nitrogen and oxygen atoms in total. The van der Waals surface area contributed by atoms with Crippen LogP contribution in [0.1, 0.15) is 41.8 Å². The van der Waals surface area contributed by atoms with E-state index in [9.17, 15) is 14.4 Å². The monoisotopic (exact) mass is 581 g/mol. The second kappa shape index (κ2) is 14.8. The van der Waals surface area contributed by atoms with Crippen molar-refractivity contribution in [3.8, 4) is 0 Å². The number of rotatable bonds is 13. The average Bonchev–Trinajstić information content (AvgIpc) is 3.53. The van der Waals surface area contributed by atoms with Crippen molar-refractivity contribution in [1.29, 1.82) is 0 Å². The molecule has 3 aromatic carbocycles. The van der Waals surface area contributed by atoms with Crippen LogP contribution < -0.4 is 10.6 Å². The summed E-state index contributed by atoms with van der Waals surface area (Å²) < 4.78 is 5.41. The fraction of sp³-hybridized carbons (Fsp3) is 0.294. The Morgan fingerprint density at radius 1 is 0.930 bits per heavy atom. The fourth-order valence-corrected chi connectivity index (χ4v) is 4.61. The lowest BCUT2D eigenvalue weighted by molar-refractivity contribution is -0.138. The van der Waals surface area contributed by atoms with E-state index >= 15 is 0 Å². The fourth-order valence-electron chi connectivity index (χ4n) is 4.61. The van der Waals surface area contributed by atoms with Gasteiger partial charge in [0.1, 0.15) is 12.6 Å². The number of hydrogen-bond donors (Lipinski definition) is 3. The maximum Gasteiger partial charge on any atom is 0.408 e. The molecule has 0 aliphatic heterocycles. The quantitative estimate of drug-likeness (QED) is 0.212. The largest absolute Gasteiger partial charge is 0.445 e. The second-order valence-electron chi connectivity index (χ2n) is 11.2. The third-order valence-electron chi connectivity index (χ3n) is 7.20. The van der Waals surface area contributed by atoms with Gasteiger partial charge in [0.05, 0.1) is 12.9 Å². The highest BCUT2D eigenvalue weighted by molar-refractivity contribution is 5.89. The Labute approximate surface area is 252 Å². The summed E-state index contributed by atoms with van der Waals surface area (Å²) in [5, 5.41) is 5.72. The van der Waals surface area contributed by atoms with E-state index in [-0.39, 0.29) is 37.4 Å². The number of imidazole rings is 1. The number of alkyl carbamates (subject to hydrolysis) is 1. The molecule has 4 aromatic rings. The zero-order valence-corrected chi connectivity index (χ0v) is 24.9. The van der Waals surface area contributed by atoms with Gasteiger partial charge in [0.15, 0.2) is 0 Å². The first-order valence-electron chi connectivity index (χ1n) is 14.3. The molecule has 224 valence electrons. The Hall–Kier alpha value is -4.92. The first-order chi connectivity index (χ1) is 20.7. The van der Waals surface area contributed by atoms with Crippen molar-refractivity contribution < 1.29 is 19.1 Å². The molecule has 43 heavy (non-hydrogen) atoms. The molecule has 9 heteroatoms. The third kappa shape index (κ3) is 9.56. The summed E-state index contributed by atoms with van der Waals surface area (Å²) in [4.78, 5) is 48.7. The highest BCUT2D eigenvalue weighted by Crippen LogP contribution is 2.21. The molecule has 4 rings (SSSR count). The van der Waals surface area contributed by atoms with E-state index in [0.29, 0.717) is 12.2 Å². The first kappa shape index (κ1) is 31.0. The number of aryl methyl sites for hydroxylation is 1. The van der Waals surface area contributed by atoms with Crippen LogP contribution in [0.5, 0.6) is 0 Å². The molecule has 0 spiro atoms. The van der Waals surface area contributed by atoms with Crippen LogP contribution in [-0.4, -0.2) is 51.9 Å². The van der Waals surface area contributed by atoms with Gasteiger partial charge in [-0.15, -0.1) is 0 Å².